The summed E-state index contributed by atoms with van der Waals surface area (Å²) in [5.74, 6) is -1.05. The molecule has 3 aromatic carbocycles. The third kappa shape index (κ3) is 5.46. The molecule has 0 saturated heterocycles. The van der Waals surface area contributed by atoms with Crippen molar-refractivity contribution in [1.29, 1.82) is 0 Å². The van der Waals surface area contributed by atoms with Gasteiger partial charge in [0, 0.05) is 21.3 Å². The Bertz CT molecular complexity index is 1160. The number of aryl methyl sites for hydroxylation is 1. The predicted molar refractivity (Wildman–Crippen MR) is 118 cm³/mol. The smallest absolute Gasteiger partial charge is 0.269 e. The molecule has 0 fully saturated rings. The van der Waals surface area contributed by atoms with E-state index in [9.17, 15) is 18.0 Å². The van der Waals surface area contributed by atoms with E-state index in [1.165, 1.54) is 24.3 Å². The lowest BCUT2D eigenvalue weighted by atomic mass is 10.2. The fraction of sp³-hybridized carbons (Fsp3) is 0.0476. The molecule has 0 radical (unpaired) electrons. The summed E-state index contributed by atoms with van der Waals surface area (Å²) >= 11 is 3.28. The highest BCUT2D eigenvalue weighted by Gasteiger charge is 2.16. The average molecular weight is 488 g/mol. The fourth-order valence-corrected chi connectivity index (χ4v) is 3.80. The van der Waals surface area contributed by atoms with Crippen molar-refractivity contribution in [2.75, 3.05) is 4.72 Å². The van der Waals surface area contributed by atoms with Gasteiger partial charge >= 0.3 is 0 Å². The first-order chi connectivity index (χ1) is 14.2. The number of rotatable bonds is 5. The number of sulfonamides is 1. The second-order valence-electron chi connectivity index (χ2n) is 6.41. The van der Waals surface area contributed by atoms with Crippen LogP contribution in [-0.2, 0) is 10.0 Å². The average Bonchev–Trinajstić information content (AvgIpc) is 2.74. The molecular formula is C21H18BrN3O4S. The minimum atomic E-state index is -3.79. The second kappa shape index (κ2) is 9.10. The van der Waals surface area contributed by atoms with Crippen LogP contribution in [0.5, 0.6) is 0 Å². The van der Waals surface area contributed by atoms with Crippen molar-refractivity contribution in [3.63, 3.8) is 0 Å². The van der Waals surface area contributed by atoms with Crippen LogP contribution in [0.15, 0.2) is 82.2 Å². The summed E-state index contributed by atoms with van der Waals surface area (Å²) in [6, 6.07) is 18.9. The number of benzene rings is 3. The van der Waals surface area contributed by atoms with E-state index in [1.807, 2.05) is 6.92 Å². The summed E-state index contributed by atoms with van der Waals surface area (Å²) in [5.41, 5.74) is 6.64. The van der Waals surface area contributed by atoms with Crippen LogP contribution < -0.4 is 15.6 Å². The number of nitrogens with one attached hydrogen (secondary N) is 3. The van der Waals surface area contributed by atoms with Crippen LogP contribution >= 0.6 is 15.9 Å². The zero-order valence-corrected chi connectivity index (χ0v) is 18.2. The van der Waals surface area contributed by atoms with Gasteiger partial charge in [-0.05, 0) is 67.6 Å². The third-order valence-electron chi connectivity index (χ3n) is 4.13. The van der Waals surface area contributed by atoms with E-state index >= 15 is 0 Å². The van der Waals surface area contributed by atoms with Crippen molar-refractivity contribution >= 4 is 43.5 Å². The van der Waals surface area contributed by atoms with E-state index in [4.69, 9.17) is 0 Å². The van der Waals surface area contributed by atoms with Gasteiger partial charge in [0.2, 0.25) is 0 Å². The van der Waals surface area contributed by atoms with E-state index < -0.39 is 21.8 Å². The zero-order chi connectivity index (χ0) is 21.7. The minimum absolute atomic E-state index is 0.0125. The number of carbonyl (C=O) groups excluding carboxylic acids is 2. The van der Waals surface area contributed by atoms with Crippen molar-refractivity contribution in [3.05, 3.63) is 94.0 Å². The number of hydrazine groups is 1. The lowest BCUT2D eigenvalue weighted by Crippen LogP contribution is -2.41. The molecule has 2 amide bonds. The highest BCUT2D eigenvalue weighted by Crippen LogP contribution is 2.17. The third-order valence-corrected chi connectivity index (χ3v) is 6.05. The van der Waals surface area contributed by atoms with Crippen LogP contribution in [-0.4, -0.2) is 20.2 Å². The Kier molecular flexibility index (Phi) is 6.53. The van der Waals surface area contributed by atoms with Crippen LogP contribution in [0.4, 0.5) is 5.69 Å². The molecule has 3 N–H and O–H groups in total. The quantitative estimate of drug-likeness (QED) is 0.477. The zero-order valence-electron chi connectivity index (χ0n) is 15.8. The van der Waals surface area contributed by atoms with Crippen LogP contribution in [0.3, 0.4) is 0 Å². The Morgan fingerprint density at radius 1 is 0.733 bits per heavy atom. The molecule has 0 aromatic heterocycles. The number of hydrogen-bond acceptors (Lipinski definition) is 4. The Labute approximate surface area is 182 Å². The van der Waals surface area contributed by atoms with Gasteiger partial charge in [-0.15, -0.1) is 0 Å². The molecule has 30 heavy (non-hydrogen) atoms. The molecule has 7 nitrogen and oxygen atoms in total. The number of amides is 2. The van der Waals surface area contributed by atoms with Crippen molar-refractivity contribution in [3.8, 4) is 0 Å². The molecular weight excluding hydrogens is 470 g/mol. The number of halogens is 1. The van der Waals surface area contributed by atoms with E-state index in [0.717, 1.165) is 10.0 Å². The first-order valence-electron chi connectivity index (χ1n) is 8.80. The molecule has 0 heterocycles. The highest BCUT2D eigenvalue weighted by molar-refractivity contribution is 9.10. The topological polar surface area (TPSA) is 104 Å². The number of hydrogen-bond donors (Lipinski definition) is 3. The van der Waals surface area contributed by atoms with Gasteiger partial charge in [-0.2, -0.15) is 0 Å². The molecule has 0 aliphatic carbocycles. The van der Waals surface area contributed by atoms with Crippen LogP contribution in [0.1, 0.15) is 26.3 Å². The lowest BCUT2D eigenvalue weighted by Gasteiger charge is -2.10. The van der Waals surface area contributed by atoms with Gasteiger partial charge in [0.1, 0.15) is 0 Å². The van der Waals surface area contributed by atoms with Crippen LogP contribution in [0, 0.1) is 6.92 Å². The van der Waals surface area contributed by atoms with Gasteiger partial charge in [-0.1, -0.05) is 33.6 Å². The standard InChI is InChI=1S/C21H18BrN3O4S/c1-14-2-10-18(11-3-14)25-30(28,29)19-12-6-16(7-13-19)21(27)24-23-20(26)15-4-8-17(22)9-5-15/h2-13,25H,1H3,(H,23,26)(H,24,27). The molecule has 3 aromatic rings. The summed E-state index contributed by atoms with van der Waals surface area (Å²) in [6.45, 7) is 1.91. The van der Waals surface area contributed by atoms with Crippen molar-refractivity contribution in [2.45, 2.75) is 11.8 Å². The van der Waals surface area contributed by atoms with E-state index in [1.54, 1.807) is 48.5 Å². The SMILES string of the molecule is Cc1ccc(NS(=O)(=O)c2ccc(C(=O)NNC(=O)c3ccc(Br)cc3)cc2)cc1. The molecule has 9 heteroatoms. The first kappa shape index (κ1) is 21.5. The Morgan fingerprint density at radius 3 is 1.70 bits per heavy atom. The molecule has 0 saturated carbocycles. The highest BCUT2D eigenvalue weighted by atomic mass is 79.9. The molecule has 0 aliphatic heterocycles. The van der Waals surface area contributed by atoms with Crippen LogP contribution in [0.2, 0.25) is 0 Å². The molecule has 0 atom stereocenters. The molecule has 0 unspecified atom stereocenters. The maximum Gasteiger partial charge on any atom is 0.269 e. The normalized spacial score (nSPS) is 10.9. The summed E-state index contributed by atoms with van der Waals surface area (Å²) in [5, 5.41) is 0. The predicted octanol–water partition coefficient (Wildman–Crippen LogP) is 3.63. The molecule has 154 valence electrons. The van der Waals surface area contributed by atoms with Gasteiger partial charge < -0.3 is 0 Å². The summed E-state index contributed by atoms with van der Waals surface area (Å²) in [6.07, 6.45) is 0. The van der Waals surface area contributed by atoms with Crippen LogP contribution in [0.25, 0.3) is 0 Å². The van der Waals surface area contributed by atoms with Gasteiger partial charge in [-0.3, -0.25) is 25.2 Å². The lowest BCUT2D eigenvalue weighted by molar-refractivity contribution is 0.0846. The number of carbonyl (C=O) groups is 2. The molecule has 0 spiro atoms. The Morgan fingerprint density at radius 2 is 1.20 bits per heavy atom. The largest absolute Gasteiger partial charge is 0.280 e. The van der Waals surface area contributed by atoms with E-state index in [2.05, 4.69) is 31.5 Å². The van der Waals surface area contributed by atoms with Gasteiger partial charge in [-0.25, -0.2) is 8.42 Å². The fourth-order valence-electron chi connectivity index (χ4n) is 2.48. The Hall–Kier alpha value is -3.17. The molecule has 3 rings (SSSR count). The first-order valence-corrected chi connectivity index (χ1v) is 11.1. The maximum absolute atomic E-state index is 12.5. The minimum Gasteiger partial charge on any atom is -0.280 e. The van der Waals surface area contributed by atoms with Gasteiger partial charge in [0.25, 0.3) is 21.8 Å². The molecule has 0 bridgehead atoms. The van der Waals surface area contributed by atoms with Gasteiger partial charge in [0.15, 0.2) is 0 Å². The van der Waals surface area contributed by atoms with Crippen molar-refractivity contribution in [1.82, 2.24) is 10.9 Å². The van der Waals surface area contributed by atoms with E-state index in [0.29, 0.717) is 11.3 Å². The Balaban J connectivity index is 1.62. The summed E-state index contributed by atoms with van der Waals surface area (Å²) in [7, 11) is -3.79. The van der Waals surface area contributed by atoms with E-state index in [-0.39, 0.29) is 10.5 Å². The maximum atomic E-state index is 12.5. The number of anilines is 1. The van der Waals surface area contributed by atoms with Crippen molar-refractivity contribution in [2.24, 2.45) is 0 Å². The monoisotopic (exact) mass is 487 g/mol. The molecule has 0 aliphatic rings. The summed E-state index contributed by atoms with van der Waals surface area (Å²) in [4.78, 5) is 24.3. The van der Waals surface area contributed by atoms with Gasteiger partial charge in [0.05, 0.1) is 4.90 Å². The van der Waals surface area contributed by atoms with Crippen molar-refractivity contribution < 1.29 is 18.0 Å². The summed E-state index contributed by atoms with van der Waals surface area (Å²) < 4.78 is 28.3. The second-order valence-corrected chi connectivity index (χ2v) is 9.01.